The van der Waals surface area contributed by atoms with Crippen molar-refractivity contribution in [2.45, 2.75) is 13.0 Å². The first-order valence-electron chi connectivity index (χ1n) is 7.07. The van der Waals surface area contributed by atoms with Gasteiger partial charge in [0.05, 0.1) is 6.04 Å². The van der Waals surface area contributed by atoms with E-state index in [1.54, 1.807) is 0 Å². The number of nitrogens with one attached hydrogen (secondary N) is 1. The molecule has 2 rings (SSSR count). The standard InChI is InChI=1S/C17H15F2NO4/c1-10(14-8-12(18)5-6-15(14)19)20-17(23)11-3-2-4-13(7-11)24-9-16(21)22/h2-8,10H,9H2,1H3,(H,20,23)(H,21,22). The highest BCUT2D eigenvalue weighted by molar-refractivity contribution is 5.94. The minimum absolute atomic E-state index is 0.0293. The third-order valence-electron chi connectivity index (χ3n) is 3.23. The predicted molar refractivity (Wildman–Crippen MR) is 81.8 cm³/mol. The first kappa shape index (κ1) is 17.4. The van der Waals surface area contributed by atoms with Crippen molar-refractivity contribution in [2.24, 2.45) is 0 Å². The molecule has 1 amide bonds. The van der Waals surface area contributed by atoms with Crippen LogP contribution in [-0.4, -0.2) is 23.6 Å². The quantitative estimate of drug-likeness (QED) is 0.851. The molecule has 24 heavy (non-hydrogen) atoms. The van der Waals surface area contributed by atoms with Crippen molar-refractivity contribution >= 4 is 11.9 Å². The molecule has 2 N–H and O–H groups in total. The Morgan fingerprint density at radius 2 is 1.96 bits per heavy atom. The Bertz CT molecular complexity index is 764. The van der Waals surface area contributed by atoms with Crippen molar-refractivity contribution in [3.63, 3.8) is 0 Å². The SMILES string of the molecule is CC(NC(=O)c1cccc(OCC(=O)O)c1)c1cc(F)ccc1F. The van der Waals surface area contributed by atoms with Gasteiger partial charge >= 0.3 is 5.97 Å². The third kappa shape index (κ3) is 4.52. The molecule has 126 valence electrons. The van der Waals surface area contributed by atoms with Gasteiger partial charge in [0.15, 0.2) is 6.61 Å². The molecule has 0 radical (unpaired) electrons. The topological polar surface area (TPSA) is 75.6 Å². The van der Waals surface area contributed by atoms with Crippen LogP contribution in [0, 0.1) is 11.6 Å². The largest absolute Gasteiger partial charge is 0.482 e. The highest BCUT2D eigenvalue weighted by atomic mass is 19.1. The molecule has 2 aromatic carbocycles. The van der Waals surface area contributed by atoms with E-state index in [1.807, 2.05) is 0 Å². The number of carboxylic acid groups (broad SMARTS) is 1. The lowest BCUT2D eigenvalue weighted by Crippen LogP contribution is -2.27. The summed E-state index contributed by atoms with van der Waals surface area (Å²) in [6.45, 7) is 0.997. The molecule has 0 saturated carbocycles. The smallest absolute Gasteiger partial charge is 0.341 e. The zero-order valence-electron chi connectivity index (χ0n) is 12.8. The van der Waals surface area contributed by atoms with Crippen LogP contribution in [0.2, 0.25) is 0 Å². The van der Waals surface area contributed by atoms with Crippen LogP contribution in [-0.2, 0) is 4.79 Å². The van der Waals surface area contributed by atoms with Crippen LogP contribution < -0.4 is 10.1 Å². The van der Waals surface area contributed by atoms with Crippen molar-refractivity contribution in [3.05, 3.63) is 65.2 Å². The summed E-state index contributed by atoms with van der Waals surface area (Å²) in [5.41, 5.74) is 0.239. The Kier molecular flexibility index (Phi) is 5.47. The van der Waals surface area contributed by atoms with E-state index >= 15 is 0 Å². The summed E-state index contributed by atoms with van der Waals surface area (Å²) in [4.78, 5) is 22.7. The van der Waals surface area contributed by atoms with Crippen LogP contribution in [0.25, 0.3) is 0 Å². The van der Waals surface area contributed by atoms with Gasteiger partial charge in [-0.25, -0.2) is 13.6 Å². The minimum atomic E-state index is -1.14. The summed E-state index contributed by atoms with van der Waals surface area (Å²) in [6, 6.07) is 8.16. The lowest BCUT2D eigenvalue weighted by atomic mass is 10.1. The van der Waals surface area contributed by atoms with Gasteiger partial charge in [0.1, 0.15) is 17.4 Å². The fourth-order valence-electron chi connectivity index (χ4n) is 2.08. The fraction of sp³-hybridized carbons (Fsp3) is 0.176. The van der Waals surface area contributed by atoms with Crippen LogP contribution in [0.15, 0.2) is 42.5 Å². The number of carbonyl (C=O) groups excluding carboxylic acids is 1. The highest BCUT2D eigenvalue weighted by Crippen LogP contribution is 2.19. The molecule has 0 aliphatic carbocycles. The number of rotatable bonds is 6. The Labute approximate surface area is 136 Å². The normalized spacial score (nSPS) is 11.6. The monoisotopic (exact) mass is 335 g/mol. The average molecular weight is 335 g/mol. The summed E-state index contributed by atoms with van der Waals surface area (Å²) in [5.74, 6) is -2.67. The Hall–Kier alpha value is -2.96. The van der Waals surface area contributed by atoms with Crippen LogP contribution in [0.5, 0.6) is 5.75 Å². The molecule has 0 heterocycles. The number of halogens is 2. The molecule has 1 atom stereocenters. The van der Waals surface area contributed by atoms with E-state index in [1.165, 1.54) is 31.2 Å². The fourth-order valence-corrected chi connectivity index (χ4v) is 2.08. The van der Waals surface area contributed by atoms with E-state index in [-0.39, 0.29) is 16.9 Å². The Balaban J connectivity index is 2.10. The highest BCUT2D eigenvalue weighted by Gasteiger charge is 2.16. The van der Waals surface area contributed by atoms with E-state index in [4.69, 9.17) is 9.84 Å². The van der Waals surface area contributed by atoms with Gasteiger partial charge in [-0.15, -0.1) is 0 Å². The summed E-state index contributed by atoms with van der Waals surface area (Å²) in [7, 11) is 0. The number of amides is 1. The molecule has 1 unspecified atom stereocenters. The van der Waals surface area contributed by atoms with Gasteiger partial charge in [0.2, 0.25) is 0 Å². The molecule has 0 aromatic heterocycles. The van der Waals surface area contributed by atoms with E-state index in [2.05, 4.69) is 5.32 Å². The van der Waals surface area contributed by atoms with Crippen molar-refractivity contribution in [2.75, 3.05) is 6.61 Å². The van der Waals surface area contributed by atoms with Gasteiger partial charge < -0.3 is 15.2 Å². The second-order valence-electron chi connectivity index (χ2n) is 5.07. The Morgan fingerprint density at radius 1 is 1.21 bits per heavy atom. The summed E-state index contributed by atoms with van der Waals surface area (Å²) in [6.07, 6.45) is 0. The van der Waals surface area contributed by atoms with Gasteiger partial charge in [0.25, 0.3) is 5.91 Å². The van der Waals surface area contributed by atoms with E-state index < -0.39 is 36.2 Å². The molecular weight excluding hydrogens is 320 g/mol. The lowest BCUT2D eigenvalue weighted by Gasteiger charge is -2.15. The van der Waals surface area contributed by atoms with E-state index in [9.17, 15) is 18.4 Å². The van der Waals surface area contributed by atoms with Crippen LogP contribution in [0.3, 0.4) is 0 Å². The number of ether oxygens (including phenoxy) is 1. The number of aliphatic carboxylic acids is 1. The van der Waals surface area contributed by atoms with Crippen molar-refractivity contribution in [3.8, 4) is 5.75 Å². The first-order valence-corrected chi connectivity index (χ1v) is 7.07. The number of carboxylic acids is 1. The summed E-state index contributed by atoms with van der Waals surface area (Å²) < 4.78 is 31.9. The number of carbonyl (C=O) groups is 2. The van der Waals surface area contributed by atoms with Crippen LogP contribution >= 0.6 is 0 Å². The molecule has 2 aromatic rings. The number of benzene rings is 2. The molecule has 0 spiro atoms. The molecule has 0 fully saturated rings. The second kappa shape index (κ2) is 7.54. The van der Waals surface area contributed by atoms with Gasteiger partial charge in [0, 0.05) is 11.1 Å². The maximum Gasteiger partial charge on any atom is 0.341 e. The third-order valence-corrected chi connectivity index (χ3v) is 3.23. The molecule has 0 aliphatic rings. The van der Waals surface area contributed by atoms with Crippen molar-refractivity contribution in [1.29, 1.82) is 0 Å². The molecule has 0 aliphatic heterocycles. The summed E-state index contributed by atoms with van der Waals surface area (Å²) in [5, 5.41) is 11.1. The predicted octanol–water partition coefficient (Wildman–Crippen LogP) is 2.92. The van der Waals surface area contributed by atoms with Gasteiger partial charge in [-0.2, -0.15) is 0 Å². The zero-order valence-corrected chi connectivity index (χ0v) is 12.8. The Morgan fingerprint density at radius 3 is 2.67 bits per heavy atom. The van der Waals surface area contributed by atoms with Gasteiger partial charge in [-0.1, -0.05) is 6.07 Å². The lowest BCUT2D eigenvalue weighted by molar-refractivity contribution is -0.139. The average Bonchev–Trinajstić information content (AvgIpc) is 2.55. The van der Waals surface area contributed by atoms with Crippen molar-refractivity contribution in [1.82, 2.24) is 5.32 Å². The molecular formula is C17H15F2NO4. The molecule has 0 bridgehead atoms. The maximum absolute atomic E-state index is 13.7. The molecule has 0 saturated heterocycles. The minimum Gasteiger partial charge on any atom is -0.482 e. The number of hydrogen-bond acceptors (Lipinski definition) is 3. The first-order chi connectivity index (χ1) is 11.4. The van der Waals surface area contributed by atoms with Gasteiger partial charge in [-0.05, 0) is 43.3 Å². The van der Waals surface area contributed by atoms with Crippen molar-refractivity contribution < 1.29 is 28.2 Å². The molecule has 7 heteroatoms. The van der Waals surface area contributed by atoms with Crippen LogP contribution in [0.1, 0.15) is 28.9 Å². The molecule has 5 nitrogen and oxygen atoms in total. The number of hydrogen-bond donors (Lipinski definition) is 2. The maximum atomic E-state index is 13.7. The van der Waals surface area contributed by atoms with Gasteiger partial charge in [-0.3, -0.25) is 4.79 Å². The zero-order chi connectivity index (χ0) is 17.7. The summed E-state index contributed by atoms with van der Waals surface area (Å²) >= 11 is 0. The van der Waals surface area contributed by atoms with E-state index in [0.29, 0.717) is 0 Å². The van der Waals surface area contributed by atoms with Crippen LogP contribution in [0.4, 0.5) is 8.78 Å². The second-order valence-corrected chi connectivity index (χ2v) is 5.07. The van der Waals surface area contributed by atoms with E-state index in [0.717, 1.165) is 18.2 Å².